The fraction of sp³-hybridized carbons (Fsp3) is 0.714. The van der Waals surface area contributed by atoms with Crippen molar-refractivity contribution in [2.75, 3.05) is 6.54 Å². The average Bonchev–Trinajstić information content (AvgIpc) is 2.06. The van der Waals surface area contributed by atoms with E-state index < -0.39 is 6.17 Å². The molecule has 0 aromatic heterocycles. The third-order valence-electron chi connectivity index (χ3n) is 1.32. The van der Waals surface area contributed by atoms with Crippen molar-refractivity contribution >= 4 is 12.2 Å². The molecule has 0 radical (unpaired) electrons. The lowest BCUT2D eigenvalue weighted by molar-refractivity contribution is 0.533. The first-order valence-corrected chi connectivity index (χ1v) is 3.69. The molecule has 0 aliphatic rings. The molecule has 66 valence electrons. The summed E-state index contributed by atoms with van der Waals surface area (Å²) >= 11 is 0. The van der Waals surface area contributed by atoms with Crippen LogP contribution in [0.2, 0.25) is 0 Å². The largest absolute Gasteiger partial charge is 0.330 e. The van der Waals surface area contributed by atoms with Crippen molar-refractivity contribution in [3.05, 3.63) is 0 Å². The third-order valence-corrected chi connectivity index (χ3v) is 1.32. The molecule has 0 unspecified atom stereocenters. The Morgan fingerprint density at radius 3 is 2.17 bits per heavy atom. The quantitative estimate of drug-likeness (QED) is 0.348. The van der Waals surface area contributed by atoms with Gasteiger partial charge in [0.1, 0.15) is 0 Å². The van der Waals surface area contributed by atoms with Crippen LogP contribution in [0, 0.1) is 0 Å². The van der Waals surface area contributed by atoms with Gasteiger partial charge in [-0.1, -0.05) is 0 Å². The Bertz CT molecular complexity index is 187. The SMILES string of the molecule is NCCCCC(N=C=O)N=C=O. The van der Waals surface area contributed by atoms with Gasteiger partial charge < -0.3 is 5.73 Å². The molecule has 0 aliphatic carbocycles. The number of hydrogen-bond acceptors (Lipinski definition) is 5. The summed E-state index contributed by atoms with van der Waals surface area (Å²) in [6.45, 7) is 0.586. The highest BCUT2D eigenvalue weighted by Gasteiger charge is 2.02. The van der Waals surface area contributed by atoms with Crippen LogP contribution in [0.1, 0.15) is 19.3 Å². The molecule has 0 rings (SSSR count). The Kier molecular flexibility index (Phi) is 6.99. The van der Waals surface area contributed by atoms with Crippen LogP contribution >= 0.6 is 0 Å². The molecule has 0 aromatic carbocycles. The van der Waals surface area contributed by atoms with Crippen molar-refractivity contribution in [3.63, 3.8) is 0 Å². The summed E-state index contributed by atoms with van der Waals surface area (Å²) in [5.74, 6) is 0. The van der Waals surface area contributed by atoms with Crippen LogP contribution in [-0.4, -0.2) is 24.9 Å². The first kappa shape index (κ1) is 10.7. The minimum Gasteiger partial charge on any atom is -0.330 e. The number of hydrogen-bond donors (Lipinski definition) is 1. The van der Waals surface area contributed by atoms with Crippen LogP contribution in [0.3, 0.4) is 0 Å². The predicted molar refractivity (Wildman–Crippen MR) is 42.9 cm³/mol. The highest BCUT2D eigenvalue weighted by molar-refractivity contribution is 5.36. The zero-order valence-electron chi connectivity index (χ0n) is 6.69. The molecule has 0 saturated heterocycles. The van der Waals surface area contributed by atoms with E-state index in [4.69, 9.17) is 5.73 Å². The maximum Gasteiger partial charge on any atom is 0.237 e. The maximum absolute atomic E-state index is 9.82. The summed E-state index contributed by atoms with van der Waals surface area (Å²) in [5, 5.41) is 0. The van der Waals surface area contributed by atoms with Gasteiger partial charge in [0, 0.05) is 0 Å². The van der Waals surface area contributed by atoms with Crippen LogP contribution in [-0.2, 0) is 9.59 Å². The van der Waals surface area contributed by atoms with Crippen LogP contribution in [0.15, 0.2) is 9.98 Å². The number of rotatable bonds is 6. The Hall–Kier alpha value is -1.28. The molecule has 2 N–H and O–H groups in total. The highest BCUT2D eigenvalue weighted by Crippen LogP contribution is 2.03. The first-order valence-electron chi connectivity index (χ1n) is 3.69. The van der Waals surface area contributed by atoms with Crippen LogP contribution < -0.4 is 5.73 Å². The Labute approximate surface area is 70.4 Å². The van der Waals surface area contributed by atoms with Crippen LogP contribution in [0.4, 0.5) is 0 Å². The van der Waals surface area contributed by atoms with Crippen molar-refractivity contribution in [2.24, 2.45) is 15.7 Å². The molecule has 0 atom stereocenters. The number of carbonyl (C=O) groups excluding carboxylic acids is 2. The van der Waals surface area contributed by atoms with Gasteiger partial charge in [-0.25, -0.2) is 9.59 Å². The standard InChI is InChI=1S/C7H11N3O2/c8-4-2-1-3-7(9-5-11)10-6-12/h7H,1-4,8H2. The van der Waals surface area contributed by atoms with E-state index in [0.717, 1.165) is 12.8 Å². The van der Waals surface area contributed by atoms with E-state index in [1.165, 1.54) is 12.2 Å². The Morgan fingerprint density at radius 2 is 1.75 bits per heavy atom. The molecular formula is C7H11N3O2. The molecule has 0 aromatic rings. The summed E-state index contributed by atoms with van der Waals surface area (Å²) in [6, 6.07) is 0. The first-order chi connectivity index (χ1) is 5.85. The molecular weight excluding hydrogens is 158 g/mol. The third kappa shape index (κ3) is 5.50. The molecule has 0 spiro atoms. The zero-order chi connectivity index (χ0) is 9.23. The van der Waals surface area contributed by atoms with Crippen molar-refractivity contribution < 1.29 is 9.59 Å². The Morgan fingerprint density at radius 1 is 1.17 bits per heavy atom. The molecule has 0 saturated carbocycles. The van der Waals surface area contributed by atoms with Gasteiger partial charge in [-0.05, 0) is 25.8 Å². The lowest BCUT2D eigenvalue weighted by atomic mass is 10.2. The Balaban J connectivity index is 3.78. The lowest BCUT2D eigenvalue weighted by Gasteiger charge is -2.00. The number of unbranched alkanes of at least 4 members (excludes halogenated alkanes) is 1. The molecule has 0 heterocycles. The summed E-state index contributed by atoms with van der Waals surface area (Å²) in [4.78, 5) is 26.3. The summed E-state index contributed by atoms with van der Waals surface area (Å²) in [5.41, 5.74) is 5.25. The summed E-state index contributed by atoms with van der Waals surface area (Å²) < 4.78 is 0. The van der Waals surface area contributed by atoms with Crippen molar-refractivity contribution in [1.82, 2.24) is 0 Å². The van der Waals surface area contributed by atoms with Gasteiger partial charge in [0.15, 0.2) is 6.17 Å². The minimum atomic E-state index is -0.619. The van der Waals surface area contributed by atoms with E-state index in [1.807, 2.05) is 0 Å². The second-order valence-electron chi connectivity index (χ2n) is 2.21. The minimum absolute atomic E-state index is 0.543. The number of aliphatic imine (C=N–C) groups is 2. The van der Waals surface area contributed by atoms with Gasteiger partial charge in [0.05, 0.1) is 0 Å². The normalized spacial score (nSPS) is 11.1. The fourth-order valence-electron chi connectivity index (χ4n) is 0.751. The van der Waals surface area contributed by atoms with Crippen molar-refractivity contribution in [2.45, 2.75) is 25.4 Å². The summed E-state index contributed by atoms with van der Waals surface area (Å²) in [7, 11) is 0. The van der Waals surface area contributed by atoms with Crippen molar-refractivity contribution in [3.8, 4) is 0 Å². The molecule has 0 amide bonds. The van der Waals surface area contributed by atoms with E-state index in [0.29, 0.717) is 13.0 Å². The maximum atomic E-state index is 9.82. The predicted octanol–water partition coefficient (Wildman–Crippen LogP) is 0.113. The van der Waals surface area contributed by atoms with Crippen LogP contribution in [0.5, 0.6) is 0 Å². The molecule has 0 fully saturated rings. The zero-order valence-corrected chi connectivity index (χ0v) is 6.69. The fourth-order valence-corrected chi connectivity index (χ4v) is 0.751. The van der Waals surface area contributed by atoms with Gasteiger partial charge >= 0.3 is 0 Å². The number of nitrogens with zero attached hydrogens (tertiary/aromatic N) is 2. The van der Waals surface area contributed by atoms with Gasteiger partial charge in [0.2, 0.25) is 12.2 Å². The molecule has 0 bridgehead atoms. The molecule has 5 nitrogen and oxygen atoms in total. The second kappa shape index (κ2) is 7.82. The topological polar surface area (TPSA) is 84.9 Å². The molecule has 5 heteroatoms. The van der Waals surface area contributed by atoms with Gasteiger partial charge in [-0.2, -0.15) is 9.98 Å². The van der Waals surface area contributed by atoms with Gasteiger partial charge in [-0.15, -0.1) is 0 Å². The second-order valence-corrected chi connectivity index (χ2v) is 2.21. The van der Waals surface area contributed by atoms with E-state index >= 15 is 0 Å². The van der Waals surface area contributed by atoms with Gasteiger partial charge in [-0.3, -0.25) is 0 Å². The average molecular weight is 169 g/mol. The van der Waals surface area contributed by atoms with Crippen molar-refractivity contribution in [1.29, 1.82) is 0 Å². The van der Waals surface area contributed by atoms with Crippen LogP contribution in [0.25, 0.3) is 0 Å². The highest BCUT2D eigenvalue weighted by atomic mass is 16.1. The summed E-state index contributed by atoms with van der Waals surface area (Å²) in [6.07, 6.45) is 4.25. The molecule has 0 aliphatic heterocycles. The van der Waals surface area contributed by atoms with E-state index in [1.54, 1.807) is 0 Å². The van der Waals surface area contributed by atoms with E-state index in [9.17, 15) is 9.59 Å². The number of nitrogens with two attached hydrogens (primary N) is 1. The number of isocyanates is 2. The van der Waals surface area contributed by atoms with Gasteiger partial charge in [0.25, 0.3) is 0 Å². The monoisotopic (exact) mass is 169 g/mol. The smallest absolute Gasteiger partial charge is 0.237 e. The lowest BCUT2D eigenvalue weighted by Crippen LogP contribution is -2.03. The van der Waals surface area contributed by atoms with E-state index in [-0.39, 0.29) is 0 Å². The van der Waals surface area contributed by atoms with E-state index in [2.05, 4.69) is 9.98 Å². The molecule has 12 heavy (non-hydrogen) atoms.